The van der Waals surface area contributed by atoms with Gasteiger partial charge in [0.15, 0.2) is 0 Å². The molecule has 0 amide bonds. The summed E-state index contributed by atoms with van der Waals surface area (Å²) in [5, 5.41) is 3.30. The topological polar surface area (TPSA) is 21.3 Å². The van der Waals surface area contributed by atoms with Gasteiger partial charge in [0.25, 0.3) is 0 Å². The predicted molar refractivity (Wildman–Crippen MR) is 51.0 cm³/mol. The summed E-state index contributed by atoms with van der Waals surface area (Å²) in [5.41, 5.74) is 0. The molecule has 0 aliphatic heterocycles. The van der Waals surface area contributed by atoms with Crippen molar-refractivity contribution >= 4 is 0 Å². The monoisotopic (exact) mass is 161 g/mol. The molecule has 0 saturated heterocycles. The minimum Gasteiger partial charge on any atom is -0.380 e. The number of ether oxygens (including phenoxy) is 1. The quantitative estimate of drug-likeness (QED) is 0.577. The van der Waals surface area contributed by atoms with Gasteiger partial charge < -0.3 is 10.1 Å². The number of hydrogen-bond donors (Lipinski definition) is 1. The Morgan fingerprint density at radius 3 is 2.64 bits per heavy atom. The summed E-state index contributed by atoms with van der Waals surface area (Å²) in [7, 11) is 0. The molecule has 0 aromatic heterocycles. The van der Waals surface area contributed by atoms with E-state index in [-0.39, 0.29) is 1.43 Å². The van der Waals surface area contributed by atoms with E-state index in [4.69, 9.17) is 4.74 Å². The first kappa shape index (κ1) is 10.9. The summed E-state index contributed by atoms with van der Waals surface area (Å²) < 4.78 is 5.36. The molecule has 0 aromatic rings. The second-order valence-electron chi connectivity index (χ2n) is 3.07. The molecule has 2 nitrogen and oxygen atoms in total. The zero-order valence-electron chi connectivity index (χ0n) is 8.02. The first-order chi connectivity index (χ1) is 5.27. The Bertz CT molecular complexity index is 78.9. The van der Waals surface area contributed by atoms with Crippen molar-refractivity contribution < 1.29 is 6.16 Å². The van der Waals surface area contributed by atoms with Gasteiger partial charge in [0.2, 0.25) is 0 Å². The highest BCUT2D eigenvalue weighted by Gasteiger charge is 1.90. The third-order valence-corrected chi connectivity index (χ3v) is 1.44. The fraction of sp³-hybridized carbons (Fsp3) is 1.00. The molecule has 0 rings (SSSR count). The van der Waals surface area contributed by atoms with Crippen molar-refractivity contribution in [3.63, 3.8) is 0 Å². The van der Waals surface area contributed by atoms with Crippen molar-refractivity contribution in [1.29, 1.82) is 0 Å². The van der Waals surface area contributed by atoms with Crippen LogP contribution in [0.25, 0.3) is 0 Å². The van der Waals surface area contributed by atoms with Gasteiger partial charge in [-0.3, -0.25) is 0 Å². The van der Waals surface area contributed by atoms with Crippen molar-refractivity contribution in [2.75, 3.05) is 19.8 Å². The van der Waals surface area contributed by atoms with Crippen molar-refractivity contribution in [2.45, 2.75) is 39.7 Å². The zero-order chi connectivity index (χ0) is 8.53. The average molecular weight is 161 g/mol. The molecule has 0 aliphatic carbocycles. The van der Waals surface area contributed by atoms with Gasteiger partial charge in [-0.1, -0.05) is 27.2 Å². The summed E-state index contributed by atoms with van der Waals surface area (Å²) in [5.74, 6) is 0. The third-order valence-electron chi connectivity index (χ3n) is 1.44. The Labute approximate surface area is 71.8 Å². The summed E-state index contributed by atoms with van der Waals surface area (Å²) in [6.07, 6.45) is 2.40. The van der Waals surface area contributed by atoms with Crippen LogP contribution in [0.3, 0.4) is 0 Å². The average Bonchev–Trinajstić information content (AvgIpc) is 1.96. The Balaban J connectivity index is 0. The van der Waals surface area contributed by atoms with E-state index < -0.39 is 0 Å². The molecular formula is C9H23NO. The van der Waals surface area contributed by atoms with Crippen LogP contribution in [0.1, 0.15) is 35.0 Å². The molecule has 0 saturated carbocycles. The molecule has 0 bridgehead atoms. The smallest absolute Gasteiger partial charge is 0.0590 e. The van der Waals surface area contributed by atoms with Crippen LogP contribution in [0.4, 0.5) is 0 Å². The standard InChI is InChI=1S/C9H21NO.H2/c1-4-5-7-11-8-6-10-9(2)3;/h9-10H,4-8H2,1-3H3;1H. The number of rotatable bonds is 7. The van der Waals surface area contributed by atoms with E-state index in [9.17, 15) is 0 Å². The highest BCUT2D eigenvalue weighted by atomic mass is 16.5. The van der Waals surface area contributed by atoms with Crippen LogP contribution in [0.5, 0.6) is 0 Å². The Morgan fingerprint density at radius 1 is 1.36 bits per heavy atom. The van der Waals surface area contributed by atoms with Crippen LogP contribution >= 0.6 is 0 Å². The van der Waals surface area contributed by atoms with E-state index >= 15 is 0 Å². The van der Waals surface area contributed by atoms with Gasteiger partial charge in [-0.2, -0.15) is 0 Å². The van der Waals surface area contributed by atoms with Crippen LogP contribution < -0.4 is 5.32 Å². The lowest BCUT2D eigenvalue weighted by Crippen LogP contribution is -2.26. The minimum absolute atomic E-state index is 0. The van der Waals surface area contributed by atoms with Gasteiger partial charge in [-0.05, 0) is 6.42 Å². The van der Waals surface area contributed by atoms with Crippen molar-refractivity contribution in [3.05, 3.63) is 0 Å². The molecule has 70 valence electrons. The number of hydrogen-bond acceptors (Lipinski definition) is 2. The van der Waals surface area contributed by atoms with Crippen molar-refractivity contribution in [1.82, 2.24) is 5.32 Å². The lowest BCUT2D eigenvalue weighted by atomic mass is 10.4. The van der Waals surface area contributed by atoms with Gasteiger partial charge in [0.05, 0.1) is 6.61 Å². The molecule has 0 aromatic carbocycles. The van der Waals surface area contributed by atoms with Gasteiger partial charge in [-0.15, -0.1) is 0 Å². The summed E-state index contributed by atoms with van der Waals surface area (Å²) >= 11 is 0. The number of nitrogens with one attached hydrogen (secondary N) is 1. The van der Waals surface area contributed by atoms with Crippen LogP contribution in [-0.2, 0) is 4.74 Å². The largest absolute Gasteiger partial charge is 0.380 e. The lowest BCUT2D eigenvalue weighted by Gasteiger charge is -2.07. The molecule has 0 aliphatic rings. The van der Waals surface area contributed by atoms with E-state index in [1.54, 1.807) is 0 Å². The molecular weight excluding hydrogens is 138 g/mol. The summed E-state index contributed by atoms with van der Waals surface area (Å²) in [6, 6.07) is 0.574. The van der Waals surface area contributed by atoms with Gasteiger partial charge >= 0.3 is 0 Å². The Morgan fingerprint density at radius 2 is 2.09 bits per heavy atom. The van der Waals surface area contributed by atoms with Crippen molar-refractivity contribution in [3.8, 4) is 0 Å². The molecule has 0 atom stereocenters. The second kappa shape index (κ2) is 8.02. The number of unbranched alkanes of at least 4 members (excludes halogenated alkanes) is 1. The first-order valence-corrected chi connectivity index (χ1v) is 4.58. The Hall–Kier alpha value is -0.0800. The fourth-order valence-corrected chi connectivity index (χ4v) is 0.768. The maximum atomic E-state index is 5.36. The van der Waals surface area contributed by atoms with Gasteiger partial charge in [0, 0.05) is 20.6 Å². The van der Waals surface area contributed by atoms with E-state index in [0.29, 0.717) is 6.04 Å². The first-order valence-electron chi connectivity index (χ1n) is 4.58. The predicted octanol–water partition coefficient (Wildman–Crippen LogP) is 2.05. The van der Waals surface area contributed by atoms with E-state index in [2.05, 4.69) is 26.1 Å². The molecule has 0 fully saturated rings. The molecule has 0 spiro atoms. The van der Waals surface area contributed by atoms with Crippen LogP contribution in [0, 0.1) is 0 Å². The minimum atomic E-state index is 0. The molecule has 2 heteroatoms. The molecule has 0 unspecified atom stereocenters. The SMILES string of the molecule is CCCCOCCNC(C)C.[HH]. The summed E-state index contributed by atoms with van der Waals surface area (Å²) in [4.78, 5) is 0. The normalized spacial score (nSPS) is 10.9. The highest BCUT2D eigenvalue weighted by molar-refractivity contribution is 4.50. The van der Waals surface area contributed by atoms with Crippen LogP contribution in [0.2, 0.25) is 0 Å². The maximum Gasteiger partial charge on any atom is 0.0590 e. The molecule has 1 N–H and O–H groups in total. The van der Waals surface area contributed by atoms with Gasteiger partial charge in [-0.25, -0.2) is 0 Å². The third kappa shape index (κ3) is 9.92. The molecule has 11 heavy (non-hydrogen) atoms. The summed E-state index contributed by atoms with van der Waals surface area (Å²) in [6.45, 7) is 9.20. The lowest BCUT2D eigenvalue weighted by molar-refractivity contribution is 0.131. The van der Waals surface area contributed by atoms with Crippen molar-refractivity contribution in [2.24, 2.45) is 0 Å². The maximum absolute atomic E-state index is 5.36. The van der Waals surface area contributed by atoms with E-state index in [0.717, 1.165) is 19.8 Å². The van der Waals surface area contributed by atoms with E-state index in [1.165, 1.54) is 12.8 Å². The second-order valence-corrected chi connectivity index (χ2v) is 3.07. The van der Waals surface area contributed by atoms with Crippen LogP contribution in [0.15, 0.2) is 0 Å². The van der Waals surface area contributed by atoms with E-state index in [1.807, 2.05) is 0 Å². The molecule has 0 heterocycles. The molecule has 0 radical (unpaired) electrons. The Kier molecular flexibility index (Phi) is 7.96. The zero-order valence-corrected chi connectivity index (χ0v) is 8.02. The fourth-order valence-electron chi connectivity index (χ4n) is 0.768. The van der Waals surface area contributed by atoms with Gasteiger partial charge in [0.1, 0.15) is 0 Å². The highest BCUT2D eigenvalue weighted by Crippen LogP contribution is 1.86. The van der Waals surface area contributed by atoms with Crippen LogP contribution in [-0.4, -0.2) is 25.8 Å².